The average Bonchev–Trinajstić information content (AvgIpc) is 2.57. The third kappa shape index (κ3) is 6.51. The van der Waals surface area contributed by atoms with Crippen LogP contribution in [0.3, 0.4) is 0 Å². The van der Waals surface area contributed by atoms with Gasteiger partial charge in [-0.05, 0) is 62.5 Å². The van der Waals surface area contributed by atoms with Crippen molar-refractivity contribution >= 4 is 11.6 Å². The smallest absolute Gasteiger partial charge is 0.224 e. The fourth-order valence-electron chi connectivity index (χ4n) is 2.16. The van der Waals surface area contributed by atoms with Crippen molar-refractivity contribution < 1.29 is 18.3 Å². The van der Waals surface area contributed by atoms with Gasteiger partial charge in [-0.3, -0.25) is 4.79 Å². The lowest BCUT2D eigenvalue weighted by Gasteiger charge is -2.11. The third-order valence-electron chi connectivity index (χ3n) is 3.57. The van der Waals surface area contributed by atoms with Crippen LogP contribution in [0.15, 0.2) is 42.5 Å². The number of carbonyl (C=O) groups is 1. The number of rotatable bonds is 8. The highest BCUT2D eigenvalue weighted by Gasteiger charge is 2.06. The molecule has 0 spiro atoms. The minimum Gasteiger partial charge on any atom is -0.492 e. The highest BCUT2D eigenvalue weighted by molar-refractivity contribution is 5.90. The Labute approximate surface area is 146 Å². The number of nitrogens with one attached hydrogen (secondary N) is 1. The Morgan fingerprint density at radius 2 is 1.80 bits per heavy atom. The zero-order valence-electron chi connectivity index (χ0n) is 14.4. The van der Waals surface area contributed by atoms with Crippen molar-refractivity contribution in [1.29, 1.82) is 0 Å². The van der Waals surface area contributed by atoms with Crippen LogP contribution >= 0.6 is 0 Å². The zero-order valence-corrected chi connectivity index (χ0v) is 14.4. The molecular formula is C19H22F2N2O2. The van der Waals surface area contributed by atoms with Crippen molar-refractivity contribution in [3.05, 3.63) is 59.7 Å². The van der Waals surface area contributed by atoms with Crippen LogP contribution in [-0.2, 0) is 11.2 Å². The first-order chi connectivity index (χ1) is 11.9. The summed E-state index contributed by atoms with van der Waals surface area (Å²) in [5, 5.41) is 2.77. The number of hydrogen-bond donors (Lipinski definition) is 1. The molecule has 4 nitrogen and oxygen atoms in total. The third-order valence-corrected chi connectivity index (χ3v) is 3.57. The average molecular weight is 348 g/mol. The van der Waals surface area contributed by atoms with Gasteiger partial charge in [0, 0.05) is 18.7 Å². The molecule has 0 radical (unpaired) electrons. The van der Waals surface area contributed by atoms with Gasteiger partial charge in [0.05, 0.1) is 0 Å². The summed E-state index contributed by atoms with van der Waals surface area (Å²) in [6.45, 7) is 1.41. The summed E-state index contributed by atoms with van der Waals surface area (Å²) in [6, 6.07) is 10.8. The molecule has 0 aliphatic carbocycles. The Balaban J connectivity index is 1.78. The first kappa shape index (κ1) is 18.9. The van der Waals surface area contributed by atoms with Crippen molar-refractivity contribution in [1.82, 2.24) is 4.90 Å². The number of aryl methyl sites for hydroxylation is 1. The maximum atomic E-state index is 13.1. The Hall–Kier alpha value is -2.47. The second-order valence-electron chi connectivity index (χ2n) is 5.97. The van der Waals surface area contributed by atoms with E-state index in [0.29, 0.717) is 24.3 Å². The summed E-state index contributed by atoms with van der Waals surface area (Å²) in [5.74, 6) is -1.24. The summed E-state index contributed by atoms with van der Waals surface area (Å²) in [4.78, 5) is 14.0. The molecule has 0 aromatic heterocycles. The molecular weight excluding hydrogens is 326 g/mol. The minimum absolute atomic E-state index is 0.187. The number of anilines is 1. The summed E-state index contributed by atoms with van der Waals surface area (Å²) in [5.41, 5.74) is 1.24. The van der Waals surface area contributed by atoms with Gasteiger partial charge in [0.25, 0.3) is 0 Å². The van der Waals surface area contributed by atoms with E-state index in [2.05, 4.69) is 5.32 Å². The van der Waals surface area contributed by atoms with Gasteiger partial charge in [-0.15, -0.1) is 0 Å². The summed E-state index contributed by atoms with van der Waals surface area (Å²) >= 11 is 0. The first-order valence-electron chi connectivity index (χ1n) is 8.05. The Bertz CT molecular complexity index is 703. The monoisotopic (exact) mass is 348 g/mol. The van der Waals surface area contributed by atoms with Gasteiger partial charge in [-0.25, -0.2) is 8.78 Å². The van der Waals surface area contributed by atoms with Crippen LogP contribution in [0, 0.1) is 11.6 Å². The van der Waals surface area contributed by atoms with Crippen LogP contribution in [0.2, 0.25) is 0 Å². The number of benzene rings is 2. The van der Waals surface area contributed by atoms with Crippen LogP contribution in [0.4, 0.5) is 14.5 Å². The van der Waals surface area contributed by atoms with Gasteiger partial charge in [0.2, 0.25) is 5.91 Å². The van der Waals surface area contributed by atoms with Crippen LogP contribution in [-0.4, -0.2) is 38.1 Å². The summed E-state index contributed by atoms with van der Waals surface area (Å²) in [7, 11) is 3.95. The van der Waals surface area contributed by atoms with E-state index in [0.717, 1.165) is 24.4 Å². The van der Waals surface area contributed by atoms with E-state index in [9.17, 15) is 13.6 Å². The zero-order chi connectivity index (χ0) is 18.2. The van der Waals surface area contributed by atoms with Gasteiger partial charge in [-0.2, -0.15) is 0 Å². The largest absolute Gasteiger partial charge is 0.492 e. The Morgan fingerprint density at radius 3 is 2.44 bits per heavy atom. The van der Waals surface area contributed by atoms with E-state index in [-0.39, 0.29) is 12.3 Å². The molecule has 134 valence electrons. The van der Waals surface area contributed by atoms with E-state index in [4.69, 9.17) is 4.74 Å². The predicted octanol–water partition coefficient (Wildman–Crippen LogP) is 3.48. The van der Waals surface area contributed by atoms with Gasteiger partial charge in [-0.1, -0.05) is 6.07 Å². The molecule has 0 bridgehead atoms. The normalized spacial score (nSPS) is 10.8. The second kappa shape index (κ2) is 9.13. The molecule has 25 heavy (non-hydrogen) atoms. The van der Waals surface area contributed by atoms with Crippen LogP contribution in [0.25, 0.3) is 0 Å². The van der Waals surface area contributed by atoms with Crippen molar-refractivity contribution in [2.24, 2.45) is 0 Å². The topological polar surface area (TPSA) is 41.6 Å². The second-order valence-corrected chi connectivity index (χ2v) is 5.97. The van der Waals surface area contributed by atoms with Crippen molar-refractivity contribution in [3.63, 3.8) is 0 Å². The molecule has 0 atom stereocenters. The van der Waals surface area contributed by atoms with Gasteiger partial charge >= 0.3 is 0 Å². The molecule has 2 aromatic rings. The van der Waals surface area contributed by atoms with Gasteiger partial charge in [0.15, 0.2) is 11.6 Å². The van der Waals surface area contributed by atoms with E-state index >= 15 is 0 Å². The molecule has 6 heteroatoms. The molecule has 1 amide bonds. The van der Waals surface area contributed by atoms with Crippen molar-refractivity contribution in [3.8, 4) is 5.75 Å². The fraction of sp³-hybridized carbons (Fsp3) is 0.316. The van der Waals surface area contributed by atoms with Crippen molar-refractivity contribution in [2.75, 3.05) is 32.6 Å². The highest BCUT2D eigenvalue weighted by atomic mass is 19.2. The lowest BCUT2D eigenvalue weighted by Crippen LogP contribution is -2.19. The van der Waals surface area contributed by atoms with Crippen LogP contribution in [0.5, 0.6) is 5.75 Å². The quantitative estimate of drug-likeness (QED) is 0.794. The number of ether oxygens (including phenoxy) is 1. The molecule has 0 aliphatic rings. The lowest BCUT2D eigenvalue weighted by molar-refractivity contribution is -0.116. The van der Waals surface area contributed by atoms with E-state index in [1.807, 2.05) is 19.0 Å². The minimum atomic E-state index is -0.900. The molecule has 1 N–H and O–H groups in total. The number of likely N-dealkylation sites (N-methyl/N-ethyl adjacent to an activating group) is 1. The lowest BCUT2D eigenvalue weighted by atomic mass is 10.1. The number of hydrogen-bond acceptors (Lipinski definition) is 3. The molecule has 2 aromatic carbocycles. The highest BCUT2D eigenvalue weighted by Crippen LogP contribution is 2.16. The first-order valence-corrected chi connectivity index (χ1v) is 8.05. The molecule has 0 aliphatic heterocycles. The number of halogens is 2. The number of carbonyl (C=O) groups excluding carboxylic acids is 1. The fourth-order valence-corrected chi connectivity index (χ4v) is 2.16. The number of amides is 1. The van der Waals surface area contributed by atoms with Crippen molar-refractivity contribution in [2.45, 2.75) is 12.8 Å². The summed E-state index contributed by atoms with van der Waals surface area (Å²) < 4.78 is 31.6. The van der Waals surface area contributed by atoms with Crippen LogP contribution in [0.1, 0.15) is 12.0 Å². The Morgan fingerprint density at radius 1 is 1.08 bits per heavy atom. The van der Waals surface area contributed by atoms with E-state index < -0.39 is 11.6 Å². The summed E-state index contributed by atoms with van der Waals surface area (Å²) in [6.07, 6.45) is 0.529. The van der Waals surface area contributed by atoms with Gasteiger partial charge < -0.3 is 15.0 Å². The molecule has 0 fully saturated rings. The molecule has 0 saturated heterocycles. The van der Waals surface area contributed by atoms with Crippen LogP contribution < -0.4 is 10.1 Å². The predicted molar refractivity (Wildman–Crippen MR) is 93.8 cm³/mol. The molecule has 0 unspecified atom stereocenters. The number of nitrogens with zero attached hydrogens (tertiary/aromatic N) is 1. The molecule has 2 rings (SSSR count). The Kier molecular flexibility index (Phi) is 6.89. The maximum absolute atomic E-state index is 13.1. The van der Waals surface area contributed by atoms with E-state index in [1.165, 1.54) is 6.07 Å². The molecule has 0 heterocycles. The van der Waals surface area contributed by atoms with Gasteiger partial charge in [0.1, 0.15) is 12.4 Å². The molecule has 0 saturated carbocycles. The van der Waals surface area contributed by atoms with E-state index in [1.54, 1.807) is 24.3 Å². The maximum Gasteiger partial charge on any atom is 0.224 e. The SMILES string of the molecule is CN(C)CCOc1ccc(NC(=O)CCc2ccc(F)c(F)c2)cc1. The standard InChI is InChI=1S/C19H22F2N2O2/c1-23(2)11-12-25-16-7-5-15(6-8-16)22-19(24)10-4-14-3-9-17(20)18(21)13-14/h3,5-9,13H,4,10-12H2,1-2H3,(H,22,24).